The van der Waals surface area contributed by atoms with Crippen molar-refractivity contribution in [1.82, 2.24) is 20.4 Å². The van der Waals surface area contributed by atoms with E-state index in [4.69, 9.17) is 11.6 Å². The van der Waals surface area contributed by atoms with Crippen molar-refractivity contribution >= 4 is 23.4 Å². The molecule has 3 aromatic rings. The monoisotopic (exact) mass is 410 g/mol. The Hall–Kier alpha value is -3.12. The molecule has 1 heterocycles. The Kier molecular flexibility index (Phi) is 7.03. The van der Waals surface area contributed by atoms with Gasteiger partial charge in [-0.05, 0) is 35.9 Å². The molecule has 2 N–H and O–H groups in total. The fraction of sp³-hybridized carbons (Fsp3) is 0.227. The van der Waals surface area contributed by atoms with Crippen LogP contribution < -0.4 is 10.6 Å². The normalized spacial score (nSPS) is 11.7. The number of nitrogens with zero attached hydrogens (tertiary/aromatic N) is 2. The molecule has 0 bridgehead atoms. The van der Waals surface area contributed by atoms with Crippen LogP contribution in [-0.4, -0.2) is 28.1 Å². The first-order valence-electron chi connectivity index (χ1n) is 9.40. The van der Waals surface area contributed by atoms with E-state index in [1.807, 2.05) is 59.4 Å². The summed E-state index contributed by atoms with van der Waals surface area (Å²) >= 11 is 5.92. The van der Waals surface area contributed by atoms with Crippen molar-refractivity contribution in [2.75, 3.05) is 6.54 Å². The van der Waals surface area contributed by atoms with Crippen LogP contribution in [0.15, 0.2) is 66.9 Å². The molecule has 0 saturated heterocycles. The van der Waals surface area contributed by atoms with Gasteiger partial charge in [-0.3, -0.25) is 9.59 Å². The van der Waals surface area contributed by atoms with Gasteiger partial charge >= 0.3 is 0 Å². The summed E-state index contributed by atoms with van der Waals surface area (Å²) in [6.07, 6.45) is 2.68. The molecule has 1 unspecified atom stereocenters. The van der Waals surface area contributed by atoms with Gasteiger partial charge in [0.2, 0.25) is 11.8 Å². The van der Waals surface area contributed by atoms with E-state index in [0.717, 1.165) is 16.9 Å². The molecule has 0 aliphatic carbocycles. The van der Waals surface area contributed by atoms with Gasteiger partial charge in [-0.2, -0.15) is 5.10 Å². The van der Waals surface area contributed by atoms with Gasteiger partial charge in [0.25, 0.3) is 0 Å². The third kappa shape index (κ3) is 6.19. The van der Waals surface area contributed by atoms with Crippen LogP contribution in [0.5, 0.6) is 0 Å². The molecule has 2 amide bonds. The van der Waals surface area contributed by atoms with E-state index in [-0.39, 0.29) is 18.2 Å². The third-order valence-electron chi connectivity index (χ3n) is 4.41. The van der Waals surface area contributed by atoms with E-state index in [1.54, 1.807) is 12.1 Å². The van der Waals surface area contributed by atoms with Crippen molar-refractivity contribution in [2.45, 2.75) is 25.8 Å². The number of halogens is 1. The van der Waals surface area contributed by atoms with Crippen LogP contribution in [0.25, 0.3) is 5.69 Å². The lowest BCUT2D eigenvalue weighted by Gasteiger charge is -2.18. The number of rotatable bonds is 8. The standard InChI is InChI=1S/C22H23ClN4O2/c1-16(28)25-21(17-7-9-18(23)10-8-17)15-22(29)24-13-11-19-12-14-27(26-19)20-5-3-2-4-6-20/h2-10,12,14,21H,11,13,15H2,1H3,(H,24,29)(H,25,28). The fourth-order valence-electron chi connectivity index (χ4n) is 3.00. The van der Waals surface area contributed by atoms with Gasteiger partial charge < -0.3 is 10.6 Å². The molecule has 2 aromatic carbocycles. The van der Waals surface area contributed by atoms with Gasteiger partial charge in [-0.25, -0.2) is 4.68 Å². The summed E-state index contributed by atoms with van der Waals surface area (Å²) in [5.74, 6) is -0.328. The number of amides is 2. The van der Waals surface area contributed by atoms with Crippen LogP contribution in [0.3, 0.4) is 0 Å². The van der Waals surface area contributed by atoms with E-state index in [1.165, 1.54) is 6.92 Å². The number of carbonyl (C=O) groups excluding carboxylic acids is 2. The Morgan fingerprint density at radius 1 is 1.07 bits per heavy atom. The van der Waals surface area contributed by atoms with Crippen LogP contribution >= 0.6 is 11.6 Å². The average Bonchev–Trinajstić information content (AvgIpc) is 3.17. The smallest absolute Gasteiger partial charge is 0.222 e. The molecular weight excluding hydrogens is 388 g/mol. The summed E-state index contributed by atoms with van der Waals surface area (Å²) in [6.45, 7) is 1.90. The molecular formula is C22H23ClN4O2. The second-order valence-corrected chi connectivity index (χ2v) is 7.13. The lowest BCUT2D eigenvalue weighted by molar-refractivity contribution is -0.122. The number of benzene rings is 2. The molecule has 0 radical (unpaired) electrons. The Bertz CT molecular complexity index is 954. The highest BCUT2D eigenvalue weighted by atomic mass is 35.5. The van der Waals surface area contributed by atoms with E-state index in [0.29, 0.717) is 18.0 Å². The van der Waals surface area contributed by atoms with Gasteiger partial charge in [0, 0.05) is 31.1 Å². The maximum Gasteiger partial charge on any atom is 0.222 e. The van der Waals surface area contributed by atoms with Crippen molar-refractivity contribution in [3.05, 3.63) is 83.1 Å². The van der Waals surface area contributed by atoms with Crippen LogP contribution in [-0.2, 0) is 16.0 Å². The molecule has 7 heteroatoms. The molecule has 0 aliphatic rings. The predicted molar refractivity (Wildman–Crippen MR) is 113 cm³/mol. The predicted octanol–water partition coefficient (Wildman–Crippen LogP) is 3.45. The maximum atomic E-state index is 12.4. The highest BCUT2D eigenvalue weighted by molar-refractivity contribution is 6.30. The highest BCUT2D eigenvalue weighted by Gasteiger charge is 2.17. The van der Waals surface area contributed by atoms with Crippen molar-refractivity contribution in [3.63, 3.8) is 0 Å². The van der Waals surface area contributed by atoms with Crippen molar-refractivity contribution in [2.24, 2.45) is 0 Å². The second kappa shape index (κ2) is 9.89. The van der Waals surface area contributed by atoms with Crippen LogP contribution in [0.4, 0.5) is 0 Å². The second-order valence-electron chi connectivity index (χ2n) is 6.70. The molecule has 1 atom stereocenters. The molecule has 29 heavy (non-hydrogen) atoms. The van der Waals surface area contributed by atoms with Crippen molar-refractivity contribution in [3.8, 4) is 5.69 Å². The topological polar surface area (TPSA) is 76.0 Å². The van der Waals surface area contributed by atoms with E-state index >= 15 is 0 Å². The van der Waals surface area contributed by atoms with Gasteiger partial charge in [0.1, 0.15) is 0 Å². The summed E-state index contributed by atoms with van der Waals surface area (Å²) in [5.41, 5.74) is 2.72. The molecule has 3 rings (SSSR count). The minimum absolute atomic E-state index is 0.138. The molecule has 150 valence electrons. The van der Waals surface area contributed by atoms with Crippen molar-refractivity contribution in [1.29, 1.82) is 0 Å². The Morgan fingerprint density at radius 3 is 2.48 bits per heavy atom. The SMILES string of the molecule is CC(=O)NC(CC(=O)NCCc1ccn(-c2ccccc2)n1)c1ccc(Cl)cc1. The Labute approximate surface area is 174 Å². The Morgan fingerprint density at radius 2 is 1.79 bits per heavy atom. The molecule has 6 nitrogen and oxygen atoms in total. The zero-order valence-electron chi connectivity index (χ0n) is 16.1. The number of hydrogen-bond acceptors (Lipinski definition) is 3. The molecule has 0 saturated carbocycles. The lowest BCUT2D eigenvalue weighted by atomic mass is 10.0. The molecule has 0 aliphatic heterocycles. The summed E-state index contributed by atoms with van der Waals surface area (Å²) in [6, 6.07) is 18.5. The Balaban J connectivity index is 1.52. The van der Waals surface area contributed by atoms with Crippen LogP contribution in [0.2, 0.25) is 5.02 Å². The number of aromatic nitrogens is 2. The number of hydrogen-bond donors (Lipinski definition) is 2. The zero-order valence-corrected chi connectivity index (χ0v) is 16.9. The van der Waals surface area contributed by atoms with Gasteiger partial charge in [0.05, 0.1) is 23.8 Å². The van der Waals surface area contributed by atoms with E-state index in [9.17, 15) is 9.59 Å². The van der Waals surface area contributed by atoms with Crippen LogP contribution in [0, 0.1) is 0 Å². The molecule has 0 fully saturated rings. The summed E-state index contributed by atoms with van der Waals surface area (Å²) in [5, 5.41) is 10.9. The molecule has 0 spiro atoms. The van der Waals surface area contributed by atoms with Gasteiger partial charge in [-0.15, -0.1) is 0 Å². The summed E-state index contributed by atoms with van der Waals surface area (Å²) in [4.78, 5) is 23.9. The first kappa shape index (κ1) is 20.6. The minimum Gasteiger partial charge on any atom is -0.356 e. The zero-order chi connectivity index (χ0) is 20.6. The quantitative estimate of drug-likeness (QED) is 0.597. The van der Waals surface area contributed by atoms with Crippen LogP contribution in [0.1, 0.15) is 30.6 Å². The van der Waals surface area contributed by atoms with E-state index in [2.05, 4.69) is 15.7 Å². The van der Waals surface area contributed by atoms with Gasteiger partial charge in [-0.1, -0.05) is 41.9 Å². The molecule has 1 aromatic heterocycles. The number of para-hydroxylation sites is 1. The first-order valence-corrected chi connectivity index (χ1v) is 9.78. The summed E-state index contributed by atoms with van der Waals surface area (Å²) in [7, 11) is 0. The summed E-state index contributed by atoms with van der Waals surface area (Å²) < 4.78 is 1.81. The largest absolute Gasteiger partial charge is 0.356 e. The maximum absolute atomic E-state index is 12.4. The minimum atomic E-state index is -0.401. The number of carbonyl (C=O) groups is 2. The van der Waals surface area contributed by atoms with E-state index < -0.39 is 6.04 Å². The number of nitrogens with one attached hydrogen (secondary N) is 2. The highest BCUT2D eigenvalue weighted by Crippen LogP contribution is 2.19. The third-order valence-corrected chi connectivity index (χ3v) is 4.66. The lowest BCUT2D eigenvalue weighted by Crippen LogP contribution is -2.33. The average molecular weight is 411 g/mol. The van der Waals surface area contributed by atoms with Crippen molar-refractivity contribution < 1.29 is 9.59 Å². The fourth-order valence-corrected chi connectivity index (χ4v) is 3.13. The van der Waals surface area contributed by atoms with Gasteiger partial charge in [0.15, 0.2) is 0 Å². The first-order chi connectivity index (χ1) is 14.0.